The summed E-state index contributed by atoms with van der Waals surface area (Å²) in [6.07, 6.45) is -4.73. The fourth-order valence-corrected chi connectivity index (χ4v) is 1.65. The van der Waals surface area contributed by atoms with Crippen LogP contribution in [0.2, 0.25) is 0 Å². The van der Waals surface area contributed by atoms with Crippen molar-refractivity contribution in [1.82, 2.24) is 0 Å². The highest BCUT2D eigenvalue weighted by molar-refractivity contribution is 5.67. The summed E-state index contributed by atoms with van der Waals surface area (Å²) in [7, 11) is 0. The predicted octanol–water partition coefficient (Wildman–Crippen LogP) is 3.83. The van der Waals surface area contributed by atoms with E-state index in [1.165, 1.54) is 36.4 Å². The number of halogens is 3. The van der Waals surface area contributed by atoms with E-state index in [1.807, 2.05) is 6.07 Å². The number of phenolic OH excluding ortho intramolecular Hbond substituents is 1. The van der Waals surface area contributed by atoms with Crippen molar-refractivity contribution >= 4 is 0 Å². The molecule has 0 spiro atoms. The normalized spacial score (nSPS) is 10.9. The number of rotatable bonds is 2. The minimum atomic E-state index is -4.73. The Balaban J connectivity index is 2.26. The van der Waals surface area contributed by atoms with E-state index < -0.39 is 6.36 Å². The summed E-state index contributed by atoms with van der Waals surface area (Å²) >= 11 is 0. The second-order valence-corrected chi connectivity index (χ2v) is 3.92. The lowest BCUT2D eigenvalue weighted by atomic mass is 10.0. The maximum atomic E-state index is 12.0. The Morgan fingerprint density at radius 1 is 1.00 bits per heavy atom. The minimum Gasteiger partial charge on any atom is -0.507 e. The average Bonchev–Trinajstić information content (AvgIpc) is 2.37. The van der Waals surface area contributed by atoms with Gasteiger partial charge in [0, 0.05) is 0 Å². The summed E-state index contributed by atoms with van der Waals surface area (Å²) < 4.78 is 39.8. The number of alkyl halides is 3. The Morgan fingerprint density at radius 3 is 2.10 bits per heavy atom. The SMILES string of the molecule is N#Cc1ccc(-c2ccc(OC(F)(F)F)cc2)cc1O. The standard InChI is InChI=1S/C14H8F3NO2/c15-14(16,17)20-12-5-3-9(4-6-12)10-1-2-11(8-18)13(19)7-10/h1-7,19H. The lowest BCUT2D eigenvalue weighted by molar-refractivity contribution is -0.274. The topological polar surface area (TPSA) is 53.2 Å². The van der Waals surface area contributed by atoms with E-state index in [-0.39, 0.29) is 17.1 Å². The van der Waals surface area contributed by atoms with E-state index in [0.29, 0.717) is 11.1 Å². The van der Waals surface area contributed by atoms with Crippen LogP contribution >= 0.6 is 0 Å². The summed E-state index contributed by atoms with van der Waals surface area (Å²) in [5.74, 6) is -0.500. The van der Waals surface area contributed by atoms with Crippen molar-refractivity contribution in [3.8, 4) is 28.7 Å². The van der Waals surface area contributed by atoms with E-state index in [2.05, 4.69) is 4.74 Å². The van der Waals surface area contributed by atoms with Crippen LogP contribution in [0.1, 0.15) is 5.56 Å². The van der Waals surface area contributed by atoms with Crippen molar-refractivity contribution in [1.29, 1.82) is 5.26 Å². The number of nitriles is 1. The van der Waals surface area contributed by atoms with Gasteiger partial charge in [0.1, 0.15) is 17.6 Å². The van der Waals surface area contributed by atoms with Gasteiger partial charge in [0.05, 0.1) is 5.56 Å². The molecule has 0 heterocycles. The van der Waals surface area contributed by atoms with Crippen molar-refractivity contribution in [3.05, 3.63) is 48.0 Å². The third-order valence-electron chi connectivity index (χ3n) is 2.54. The lowest BCUT2D eigenvalue weighted by Gasteiger charge is -2.09. The van der Waals surface area contributed by atoms with Crippen LogP contribution in [0, 0.1) is 11.3 Å². The first-order valence-electron chi connectivity index (χ1n) is 5.48. The minimum absolute atomic E-state index is 0.130. The summed E-state index contributed by atoms with van der Waals surface area (Å²) in [4.78, 5) is 0. The van der Waals surface area contributed by atoms with Gasteiger partial charge in [-0.2, -0.15) is 5.26 Å². The Hall–Kier alpha value is -2.68. The molecule has 1 N–H and O–H groups in total. The van der Waals surface area contributed by atoms with E-state index in [4.69, 9.17) is 5.26 Å². The van der Waals surface area contributed by atoms with Crippen LogP contribution in [0.4, 0.5) is 13.2 Å². The summed E-state index contributed by atoms with van der Waals surface area (Å²) in [5.41, 5.74) is 1.31. The van der Waals surface area contributed by atoms with Crippen molar-refractivity contribution in [2.45, 2.75) is 6.36 Å². The Bertz CT molecular complexity index is 658. The summed E-state index contributed by atoms with van der Waals surface area (Å²) in [5, 5.41) is 18.3. The van der Waals surface area contributed by atoms with E-state index in [1.54, 1.807) is 6.07 Å². The number of aromatic hydroxyl groups is 1. The molecule has 0 saturated carbocycles. The molecule has 0 unspecified atom stereocenters. The third-order valence-corrected chi connectivity index (χ3v) is 2.54. The van der Waals surface area contributed by atoms with Crippen molar-refractivity contribution in [3.63, 3.8) is 0 Å². The van der Waals surface area contributed by atoms with E-state index in [0.717, 1.165) is 0 Å². The Morgan fingerprint density at radius 2 is 1.60 bits per heavy atom. The zero-order valence-corrected chi connectivity index (χ0v) is 9.98. The molecule has 0 bridgehead atoms. The molecule has 0 aliphatic rings. The van der Waals surface area contributed by atoms with Gasteiger partial charge in [-0.05, 0) is 35.4 Å². The lowest BCUT2D eigenvalue weighted by Crippen LogP contribution is -2.16. The molecular formula is C14H8F3NO2. The molecule has 0 saturated heterocycles. The van der Waals surface area contributed by atoms with Gasteiger partial charge in [-0.15, -0.1) is 13.2 Å². The zero-order valence-electron chi connectivity index (χ0n) is 9.98. The molecule has 0 aromatic heterocycles. The molecule has 2 rings (SSSR count). The van der Waals surface area contributed by atoms with Crippen LogP contribution in [0.25, 0.3) is 11.1 Å². The van der Waals surface area contributed by atoms with Gasteiger partial charge in [0.2, 0.25) is 0 Å². The van der Waals surface area contributed by atoms with Crippen LogP contribution in [-0.4, -0.2) is 11.5 Å². The smallest absolute Gasteiger partial charge is 0.507 e. The second-order valence-electron chi connectivity index (χ2n) is 3.92. The number of nitrogens with zero attached hydrogens (tertiary/aromatic N) is 1. The molecule has 0 amide bonds. The molecule has 6 heteroatoms. The third kappa shape index (κ3) is 3.20. The molecule has 20 heavy (non-hydrogen) atoms. The molecule has 2 aromatic carbocycles. The fourth-order valence-electron chi connectivity index (χ4n) is 1.65. The van der Waals surface area contributed by atoms with Gasteiger partial charge in [-0.1, -0.05) is 18.2 Å². The number of phenols is 1. The predicted molar refractivity (Wildman–Crippen MR) is 64.9 cm³/mol. The first kappa shape index (κ1) is 13.7. The number of hydrogen-bond acceptors (Lipinski definition) is 3. The summed E-state index contributed by atoms with van der Waals surface area (Å²) in [6, 6.07) is 11.4. The highest BCUT2D eigenvalue weighted by Gasteiger charge is 2.30. The van der Waals surface area contributed by atoms with Crippen LogP contribution in [-0.2, 0) is 0 Å². The van der Waals surface area contributed by atoms with Gasteiger partial charge in [0.25, 0.3) is 0 Å². The maximum absolute atomic E-state index is 12.0. The van der Waals surface area contributed by atoms with Gasteiger partial charge < -0.3 is 9.84 Å². The van der Waals surface area contributed by atoms with Crippen LogP contribution < -0.4 is 4.74 Å². The van der Waals surface area contributed by atoms with Crippen molar-refractivity contribution < 1.29 is 23.0 Å². The number of hydrogen-bond donors (Lipinski definition) is 1. The molecule has 0 aliphatic heterocycles. The molecule has 0 aliphatic carbocycles. The molecule has 3 nitrogen and oxygen atoms in total. The van der Waals surface area contributed by atoms with Crippen LogP contribution in [0.3, 0.4) is 0 Å². The quantitative estimate of drug-likeness (QED) is 0.908. The Kier molecular flexibility index (Phi) is 3.53. The number of ether oxygens (including phenoxy) is 1. The highest BCUT2D eigenvalue weighted by atomic mass is 19.4. The van der Waals surface area contributed by atoms with Crippen LogP contribution in [0.15, 0.2) is 42.5 Å². The maximum Gasteiger partial charge on any atom is 0.573 e. The fraction of sp³-hybridized carbons (Fsp3) is 0.0714. The monoisotopic (exact) mass is 279 g/mol. The van der Waals surface area contributed by atoms with Gasteiger partial charge in [-0.25, -0.2) is 0 Å². The number of benzene rings is 2. The van der Waals surface area contributed by atoms with Crippen molar-refractivity contribution in [2.75, 3.05) is 0 Å². The van der Waals surface area contributed by atoms with Crippen LogP contribution in [0.5, 0.6) is 11.5 Å². The van der Waals surface area contributed by atoms with Gasteiger partial charge in [0.15, 0.2) is 0 Å². The largest absolute Gasteiger partial charge is 0.573 e. The molecule has 102 valence electrons. The second kappa shape index (κ2) is 5.13. The Labute approximate surface area is 112 Å². The first-order chi connectivity index (χ1) is 9.39. The molecule has 2 aromatic rings. The zero-order chi connectivity index (χ0) is 14.8. The van der Waals surface area contributed by atoms with Crippen molar-refractivity contribution in [2.24, 2.45) is 0 Å². The summed E-state index contributed by atoms with van der Waals surface area (Å²) in [6.45, 7) is 0. The van der Waals surface area contributed by atoms with Gasteiger partial charge >= 0.3 is 6.36 Å². The molecular weight excluding hydrogens is 271 g/mol. The van der Waals surface area contributed by atoms with E-state index in [9.17, 15) is 18.3 Å². The molecule has 0 fully saturated rings. The molecule has 0 atom stereocenters. The average molecular weight is 279 g/mol. The highest BCUT2D eigenvalue weighted by Crippen LogP contribution is 2.29. The van der Waals surface area contributed by atoms with Gasteiger partial charge in [-0.3, -0.25) is 0 Å². The molecule has 0 radical (unpaired) electrons. The van der Waals surface area contributed by atoms with E-state index >= 15 is 0 Å². The first-order valence-corrected chi connectivity index (χ1v) is 5.48.